The Morgan fingerprint density at radius 3 is 2.83 bits per heavy atom. The van der Waals surface area contributed by atoms with Crippen LogP contribution in [-0.4, -0.2) is 12.5 Å². The summed E-state index contributed by atoms with van der Waals surface area (Å²) in [6, 6.07) is 9.70. The number of carbonyl (C=O) groups excluding carboxylic acids is 1. The van der Waals surface area contributed by atoms with E-state index in [2.05, 4.69) is 27.3 Å². The lowest BCUT2D eigenvalue weighted by molar-refractivity contribution is -0.111. The van der Waals surface area contributed by atoms with Crippen LogP contribution in [0.5, 0.6) is 5.75 Å². The van der Waals surface area contributed by atoms with Crippen LogP contribution in [0.1, 0.15) is 49.1 Å². The van der Waals surface area contributed by atoms with Gasteiger partial charge in [-0.25, -0.2) is 0 Å². The van der Waals surface area contributed by atoms with Crippen LogP contribution in [0.4, 0.5) is 5.69 Å². The van der Waals surface area contributed by atoms with Crippen LogP contribution in [0.25, 0.3) is 16.5 Å². The molecule has 0 unspecified atom stereocenters. The summed E-state index contributed by atoms with van der Waals surface area (Å²) < 4.78 is 13.2. The van der Waals surface area contributed by atoms with Crippen molar-refractivity contribution in [3.8, 4) is 5.75 Å². The number of hydrogen-bond acceptors (Lipinski definition) is 3. The minimum atomic E-state index is -0.167. The second-order valence-electron chi connectivity index (χ2n) is 7.73. The van der Waals surface area contributed by atoms with Crippen molar-refractivity contribution in [3.63, 3.8) is 0 Å². The third-order valence-corrected chi connectivity index (χ3v) is 6.07. The quantitative estimate of drug-likeness (QED) is 0.418. The maximum Gasteiger partial charge on any atom is 0.248 e. The molecule has 4 rings (SSSR count). The molecule has 1 aliphatic carbocycles. The monoisotopic (exact) mass is 467 g/mol. The molecule has 0 radical (unpaired) electrons. The Hall–Kier alpha value is -2.53. The Morgan fingerprint density at radius 1 is 1.27 bits per heavy atom. The van der Waals surface area contributed by atoms with Gasteiger partial charge in [0.25, 0.3) is 0 Å². The van der Waals surface area contributed by atoms with Crippen molar-refractivity contribution in [2.45, 2.75) is 46.5 Å². The summed E-state index contributed by atoms with van der Waals surface area (Å²) in [6.45, 7) is 6.52. The van der Waals surface area contributed by atoms with Crippen LogP contribution < -0.4 is 10.1 Å². The SMILES string of the molecule is CCOc1c(/C(C)=C/C(=O)Nc2cccc(Br)c2)cc2c3c(oc2c1C)CCCC3. The zero-order valence-electron chi connectivity index (χ0n) is 17.6. The lowest BCUT2D eigenvalue weighted by atomic mass is 9.93. The highest BCUT2D eigenvalue weighted by Crippen LogP contribution is 2.41. The van der Waals surface area contributed by atoms with Gasteiger partial charge in [-0.2, -0.15) is 0 Å². The lowest BCUT2D eigenvalue weighted by Crippen LogP contribution is -2.09. The Labute approximate surface area is 185 Å². The number of allylic oxidation sites excluding steroid dienone is 1. The van der Waals surface area contributed by atoms with Gasteiger partial charge >= 0.3 is 0 Å². The standard InChI is InChI=1S/C25H26BrNO3/c1-4-29-24-16(3)25-21(19-10-5-6-11-22(19)30-25)14-20(24)15(2)12-23(28)27-18-9-7-8-17(26)13-18/h7-9,12-14H,4-6,10-11H2,1-3H3,(H,27,28)/b15-12+. The highest BCUT2D eigenvalue weighted by atomic mass is 79.9. The van der Waals surface area contributed by atoms with E-state index >= 15 is 0 Å². The molecule has 0 fully saturated rings. The van der Waals surface area contributed by atoms with Gasteiger partial charge in [-0.1, -0.05) is 22.0 Å². The van der Waals surface area contributed by atoms with Gasteiger partial charge in [-0.05, 0) is 69.9 Å². The number of fused-ring (bicyclic) bond motifs is 3. The molecule has 4 nitrogen and oxygen atoms in total. The molecule has 0 aliphatic heterocycles. The van der Waals surface area contributed by atoms with Gasteiger partial charge < -0.3 is 14.5 Å². The van der Waals surface area contributed by atoms with Crippen LogP contribution in [0.15, 0.2) is 45.3 Å². The third-order valence-electron chi connectivity index (χ3n) is 5.58. The van der Waals surface area contributed by atoms with Crippen molar-refractivity contribution in [1.82, 2.24) is 0 Å². The largest absolute Gasteiger partial charge is 0.493 e. The van der Waals surface area contributed by atoms with Crippen molar-refractivity contribution in [3.05, 3.63) is 63.3 Å². The highest BCUT2D eigenvalue weighted by Gasteiger charge is 2.23. The molecule has 0 spiro atoms. The van der Waals surface area contributed by atoms with Gasteiger partial charge in [0, 0.05) is 44.7 Å². The Bertz CT molecular complexity index is 1140. The third kappa shape index (κ3) is 4.04. The van der Waals surface area contributed by atoms with Crippen molar-refractivity contribution in [1.29, 1.82) is 0 Å². The predicted molar refractivity (Wildman–Crippen MR) is 125 cm³/mol. The summed E-state index contributed by atoms with van der Waals surface area (Å²) >= 11 is 3.43. The molecule has 30 heavy (non-hydrogen) atoms. The predicted octanol–water partition coefficient (Wildman–Crippen LogP) is 6.82. The highest BCUT2D eigenvalue weighted by molar-refractivity contribution is 9.10. The van der Waals surface area contributed by atoms with Crippen LogP contribution in [0.2, 0.25) is 0 Å². The maximum atomic E-state index is 12.6. The summed E-state index contributed by atoms with van der Waals surface area (Å²) in [4.78, 5) is 12.6. The number of amides is 1. The van der Waals surface area contributed by atoms with Gasteiger partial charge in [0.15, 0.2) is 0 Å². The van der Waals surface area contributed by atoms with E-state index in [9.17, 15) is 4.79 Å². The van der Waals surface area contributed by atoms with Gasteiger partial charge in [0.1, 0.15) is 17.1 Å². The minimum Gasteiger partial charge on any atom is -0.493 e. The summed E-state index contributed by atoms with van der Waals surface area (Å²) in [6.07, 6.45) is 6.03. The molecule has 3 aromatic rings. The first-order chi connectivity index (χ1) is 14.5. The summed E-state index contributed by atoms with van der Waals surface area (Å²) in [5.74, 6) is 1.73. The van der Waals surface area contributed by atoms with Gasteiger partial charge in [0.2, 0.25) is 5.91 Å². The molecule has 5 heteroatoms. The van der Waals surface area contributed by atoms with Crippen LogP contribution in [-0.2, 0) is 17.6 Å². The fraction of sp³-hybridized carbons (Fsp3) is 0.320. The van der Waals surface area contributed by atoms with E-state index in [-0.39, 0.29) is 5.91 Å². The molecule has 1 amide bonds. The van der Waals surface area contributed by atoms with Crippen molar-refractivity contribution in [2.24, 2.45) is 0 Å². The van der Waals surface area contributed by atoms with E-state index in [1.165, 1.54) is 18.4 Å². The number of nitrogens with one attached hydrogen (secondary N) is 1. The molecule has 0 saturated carbocycles. The number of halogens is 1. The first-order valence-corrected chi connectivity index (χ1v) is 11.2. The molecule has 1 aromatic heterocycles. The zero-order chi connectivity index (χ0) is 21.3. The Balaban J connectivity index is 1.74. The second-order valence-corrected chi connectivity index (χ2v) is 8.64. The zero-order valence-corrected chi connectivity index (χ0v) is 19.2. The van der Waals surface area contributed by atoms with Crippen LogP contribution >= 0.6 is 15.9 Å². The van der Waals surface area contributed by atoms with Crippen LogP contribution in [0.3, 0.4) is 0 Å². The lowest BCUT2D eigenvalue weighted by Gasteiger charge is -2.15. The van der Waals surface area contributed by atoms with Crippen molar-refractivity contribution in [2.75, 3.05) is 11.9 Å². The molecule has 1 heterocycles. The molecule has 1 aliphatic rings. The minimum absolute atomic E-state index is 0.167. The molecule has 0 bridgehead atoms. The summed E-state index contributed by atoms with van der Waals surface area (Å²) in [5, 5.41) is 4.08. The smallest absolute Gasteiger partial charge is 0.248 e. The van der Waals surface area contributed by atoms with Gasteiger partial charge in [0.05, 0.1) is 6.61 Å². The average molecular weight is 468 g/mol. The number of aryl methyl sites for hydroxylation is 3. The number of anilines is 1. The number of hydrogen-bond donors (Lipinski definition) is 1. The molecule has 0 atom stereocenters. The first kappa shape index (κ1) is 20.7. The topological polar surface area (TPSA) is 51.5 Å². The van der Waals surface area contributed by atoms with Crippen molar-refractivity contribution < 1.29 is 13.9 Å². The number of ether oxygens (including phenoxy) is 1. The van der Waals surface area contributed by atoms with E-state index in [4.69, 9.17) is 9.15 Å². The number of benzene rings is 2. The molecule has 156 valence electrons. The molecule has 0 saturated heterocycles. The van der Waals surface area contributed by atoms with E-state index < -0.39 is 0 Å². The molecule has 1 N–H and O–H groups in total. The van der Waals surface area contributed by atoms with Gasteiger partial charge in [-0.3, -0.25) is 4.79 Å². The molecule has 2 aromatic carbocycles. The van der Waals surface area contributed by atoms with E-state index in [0.717, 1.165) is 62.2 Å². The number of furan rings is 1. The van der Waals surface area contributed by atoms with Gasteiger partial charge in [-0.15, -0.1) is 0 Å². The Morgan fingerprint density at radius 2 is 2.07 bits per heavy atom. The normalized spacial score (nSPS) is 13.9. The average Bonchev–Trinajstić information content (AvgIpc) is 3.09. The van der Waals surface area contributed by atoms with E-state index in [0.29, 0.717) is 6.61 Å². The second kappa shape index (κ2) is 8.68. The Kier molecular flexibility index (Phi) is 6.00. The van der Waals surface area contributed by atoms with Crippen LogP contribution in [0, 0.1) is 6.92 Å². The summed E-state index contributed by atoms with van der Waals surface area (Å²) in [5.41, 5.74) is 5.79. The fourth-order valence-corrected chi connectivity index (χ4v) is 4.58. The fourth-order valence-electron chi connectivity index (χ4n) is 4.18. The molecular formula is C25H26BrNO3. The maximum absolute atomic E-state index is 12.6. The summed E-state index contributed by atoms with van der Waals surface area (Å²) in [7, 11) is 0. The van der Waals surface area contributed by atoms with E-state index in [1.807, 2.05) is 45.0 Å². The van der Waals surface area contributed by atoms with E-state index in [1.54, 1.807) is 6.08 Å². The first-order valence-electron chi connectivity index (χ1n) is 10.4. The van der Waals surface area contributed by atoms with Crippen molar-refractivity contribution >= 4 is 44.1 Å². The molecular weight excluding hydrogens is 442 g/mol. The number of carbonyl (C=O) groups is 1. The number of rotatable bonds is 5.